The number of nitrogens with zero attached hydrogens (tertiary/aromatic N) is 3. The summed E-state index contributed by atoms with van der Waals surface area (Å²) >= 11 is 1.52. The first-order chi connectivity index (χ1) is 16.6. The minimum Gasteiger partial charge on any atom is -0.361 e. The number of hydrogen-bond donors (Lipinski definition) is 2. The van der Waals surface area contributed by atoms with Gasteiger partial charge >= 0.3 is 0 Å². The number of anilines is 1. The smallest absolute Gasteiger partial charge is 0.289 e. The highest BCUT2D eigenvalue weighted by molar-refractivity contribution is 7.09. The number of piperidine rings is 1. The number of aromatic amines is 1. The summed E-state index contributed by atoms with van der Waals surface area (Å²) in [5, 5.41) is 5.59. The highest BCUT2D eigenvalue weighted by Crippen LogP contribution is 2.31. The third-order valence-corrected chi connectivity index (χ3v) is 7.39. The monoisotopic (exact) mass is 473 g/mol. The zero-order chi connectivity index (χ0) is 23.5. The molecule has 4 aromatic rings. The number of rotatable bonds is 6. The number of aromatic nitrogens is 2. The molecule has 0 bridgehead atoms. The maximum absolute atomic E-state index is 12.9. The van der Waals surface area contributed by atoms with Crippen molar-refractivity contribution in [1.82, 2.24) is 20.3 Å². The van der Waals surface area contributed by atoms with Crippen molar-refractivity contribution >= 4 is 39.7 Å². The van der Waals surface area contributed by atoms with E-state index in [2.05, 4.69) is 21.5 Å². The van der Waals surface area contributed by atoms with E-state index in [9.17, 15) is 9.59 Å². The molecule has 0 aliphatic carbocycles. The number of para-hydroxylation sites is 2. The summed E-state index contributed by atoms with van der Waals surface area (Å²) in [7, 11) is 1.81. The molecule has 2 aromatic carbocycles. The van der Waals surface area contributed by atoms with Crippen molar-refractivity contribution in [2.75, 3.05) is 25.1 Å². The lowest BCUT2D eigenvalue weighted by molar-refractivity contribution is -0.131. The average molecular weight is 474 g/mol. The number of carbonyl (C=O) groups is 2. The number of thiazole rings is 1. The van der Waals surface area contributed by atoms with Gasteiger partial charge in [-0.2, -0.15) is 0 Å². The number of H-pyrrole nitrogens is 1. The number of likely N-dealkylation sites (tertiary alicyclic amines) is 1. The Morgan fingerprint density at radius 1 is 1.12 bits per heavy atom. The number of benzene rings is 2. The minimum atomic E-state index is -0.222. The minimum absolute atomic E-state index is 0.159. The zero-order valence-corrected chi connectivity index (χ0v) is 19.8. The SMILES string of the molecule is CN(NC(=O)c1csc(C2CCN(C(=O)Cc3c[nH]c4ccccc34)CC2)n1)c1ccccc1. The summed E-state index contributed by atoms with van der Waals surface area (Å²) in [5.41, 5.74) is 6.30. The van der Waals surface area contributed by atoms with Gasteiger partial charge in [-0.1, -0.05) is 36.4 Å². The van der Waals surface area contributed by atoms with Gasteiger partial charge in [-0.25, -0.2) is 4.98 Å². The van der Waals surface area contributed by atoms with E-state index in [1.54, 1.807) is 5.01 Å². The number of nitrogens with one attached hydrogen (secondary N) is 2. The fourth-order valence-corrected chi connectivity index (χ4v) is 5.40. The number of carbonyl (C=O) groups excluding carboxylic acids is 2. The van der Waals surface area contributed by atoms with Crippen LogP contribution < -0.4 is 10.4 Å². The van der Waals surface area contributed by atoms with Crippen LogP contribution in [0.2, 0.25) is 0 Å². The molecule has 0 atom stereocenters. The van der Waals surface area contributed by atoms with Gasteiger partial charge in [0.2, 0.25) is 5.91 Å². The van der Waals surface area contributed by atoms with Gasteiger partial charge in [0, 0.05) is 48.5 Å². The summed E-state index contributed by atoms with van der Waals surface area (Å²) in [4.78, 5) is 35.4. The van der Waals surface area contributed by atoms with Crippen LogP contribution in [-0.4, -0.2) is 46.8 Å². The quantitative estimate of drug-likeness (QED) is 0.408. The van der Waals surface area contributed by atoms with E-state index < -0.39 is 0 Å². The highest BCUT2D eigenvalue weighted by Gasteiger charge is 2.27. The van der Waals surface area contributed by atoms with Crippen molar-refractivity contribution in [1.29, 1.82) is 0 Å². The second kappa shape index (κ2) is 9.69. The number of fused-ring (bicyclic) bond motifs is 1. The van der Waals surface area contributed by atoms with E-state index in [4.69, 9.17) is 0 Å². The molecule has 0 radical (unpaired) electrons. The van der Waals surface area contributed by atoms with Crippen molar-refractivity contribution in [3.63, 3.8) is 0 Å². The third kappa shape index (κ3) is 4.68. The van der Waals surface area contributed by atoms with Crippen LogP contribution in [0.25, 0.3) is 10.9 Å². The molecular weight excluding hydrogens is 446 g/mol. The molecule has 3 heterocycles. The molecule has 0 unspecified atom stereocenters. The maximum atomic E-state index is 12.9. The molecule has 1 aliphatic rings. The largest absolute Gasteiger partial charge is 0.361 e. The van der Waals surface area contributed by atoms with Gasteiger partial charge in [0.15, 0.2) is 0 Å². The van der Waals surface area contributed by atoms with Gasteiger partial charge in [-0.15, -0.1) is 11.3 Å². The van der Waals surface area contributed by atoms with Crippen molar-refractivity contribution in [3.8, 4) is 0 Å². The van der Waals surface area contributed by atoms with Crippen molar-refractivity contribution in [2.45, 2.75) is 25.2 Å². The van der Waals surface area contributed by atoms with E-state index in [0.717, 1.165) is 40.0 Å². The van der Waals surface area contributed by atoms with Crippen LogP contribution in [0.5, 0.6) is 0 Å². The van der Waals surface area contributed by atoms with Gasteiger partial charge in [-0.3, -0.25) is 20.0 Å². The average Bonchev–Trinajstić information content (AvgIpc) is 3.53. The first-order valence-electron chi connectivity index (χ1n) is 11.5. The molecule has 7 nitrogen and oxygen atoms in total. The molecular formula is C26H27N5O2S. The number of hydrogen-bond acceptors (Lipinski definition) is 5. The molecule has 1 fully saturated rings. The van der Waals surface area contributed by atoms with Gasteiger partial charge in [-0.05, 0) is 36.6 Å². The highest BCUT2D eigenvalue weighted by atomic mass is 32.1. The van der Waals surface area contributed by atoms with Crippen molar-refractivity contribution in [3.05, 3.63) is 82.4 Å². The summed E-state index contributed by atoms with van der Waals surface area (Å²) < 4.78 is 0. The van der Waals surface area contributed by atoms with Gasteiger partial charge < -0.3 is 9.88 Å². The summed E-state index contributed by atoms with van der Waals surface area (Å²) in [6.07, 6.45) is 4.06. The van der Waals surface area contributed by atoms with Gasteiger partial charge in [0.1, 0.15) is 5.69 Å². The molecule has 0 saturated carbocycles. The van der Waals surface area contributed by atoms with Gasteiger partial charge in [0.25, 0.3) is 5.91 Å². The molecule has 2 amide bonds. The Kier molecular flexibility index (Phi) is 6.31. The Morgan fingerprint density at radius 3 is 2.65 bits per heavy atom. The standard InChI is InChI=1S/C26H27N5O2S/c1-30(20-7-3-2-4-8-20)29-25(33)23-17-34-26(28-23)18-11-13-31(14-12-18)24(32)15-19-16-27-22-10-6-5-9-21(19)22/h2-10,16-18,27H,11-15H2,1H3,(H,29,33). The molecule has 1 aliphatic heterocycles. The Labute approximate surface area is 202 Å². The number of hydrazine groups is 1. The molecule has 34 heavy (non-hydrogen) atoms. The van der Waals surface area contributed by atoms with Crippen LogP contribution >= 0.6 is 11.3 Å². The van der Waals surface area contributed by atoms with E-state index in [1.807, 2.05) is 72.1 Å². The second-order valence-corrected chi connectivity index (χ2v) is 9.49. The fourth-order valence-electron chi connectivity index (χ4n) is 4.43. The van der Waals surface area contributed by atoms with E-state index in [1.165, 1.54) is 11.3 Å². The lowest BCUT2D eigenvalue weighted by Gasteiger charge is -2.31. The predicted octanol–water partition coefficient (Wildman–Crippen LogP) is 4.35. The van der Waals surface area contributed by atoms with Gasteiger partial charge in [0.05, 0.1) is 17.1 Å². The van der Waals surface area contributed by atoms with E-state index in [-0.39, 0.29) is 17.7 Å². The van der Waals surface area contributed by atoms with Crippen LogP contribution in [0.1, 0.15) is 39.8 Å². The summed E-state index contributed by atoms with van der Waals surface area (Å²) in [5.74, 6) is 0.210. The third-order valence-electron chi connectivity index (χ3n) is 6.38. The lowest BCUT2D eigenvalue weighted by atomic mass is 9.97. The first-order valence-corrected chi connectivity index (χ1v) is 12.3. The van der Waals surface area contributed by atoms with Crippen molar-refractivity contribution in [2.24, 2.45) is 0 Å². The molecule has 8 heteroatoms. The van der Waals surface area contributed by atoms with Crippen LogP contribution in [0.4, 0.5) is 5.69 Å². The first kappa shape index (κ1) is 22.2. The Hall–Kier alpha value is -3.65. The van der Waals surface area contributed by atoms with E-state index >= 15 is 0 Å². The molecule has 1 saturated heterocycles. The maximum Gasteiger partial charge on any atom is 0.289 e. The summed E-state index contributed by atoms with van der Waals surface area (Å²) in [6, 6.07) is 17.7. The number of amides is 2. The van der Waals surface area contributed by atoms with Crippen LogP contribution in [0.15, 0.2) is 66.2 Å². The molecule has 5 rings (SSSR count). The predicted molar refractivity (Wildman–Crippen MR) is 135 cm³/mol. The molecule has 174 valence electrons. The van der Waals surface area contributed by atoms with Crippen molar-refractivity contribution < 1.29 is 9.59 Å². The van der Waals surface area contributed by atoms with Crippen LogP contribution in [0, 0.1) is 0 Å². The Balaban J connectivity index is 1.15. The molecule has 2 N–H and O–H groups in total. The lowest BCUT2D eigenvalue weighted by Crippen LogP contribution is -2.39. The molecule has 0 spiro atoms. The van der Waals surface area contributed by atoms with Crippen LogP contribution in [0.3, 0.4) is 0 Å². The zero-order valence-electron chi connectivity index (χ0n) is 19.0. The normalized spacial score (nSPS) is 14.3. The van der Waals surface area contributed by atoms with E-state index in [0.29, 0.717) is 25.2 Å². The fraction of sp³-hybridized carbons (Fsp3) is 0.269. The Bertz CT molecular complexity index is 1290. The molecule has 2 aromatic heterocycles. The van der Waals surface area contributed by atoms with Crippen LogP contribution in [-0.2, 0) is 11.2 Å². The topological polar surface area (TPSA) is 81.3 Å². The summed E-state index contributed by atoms with van der Waals surface area (Å²) in [6.45, 7) is 1.42. The second-order valence-electron chi connectivity index (χ2n) is 8.60. The Morgan fingerprint density at radius 2 is 1.85 bits per heavy atom.